The Balaban J connectivity index is 1.47. The van der Waals surface area contributed by atoms with Crippen molar-refractivity contribution in [1.29, 1.82) is 0 Å². The lowest BCUT2D eigenvalue weighted by molar-refractivity contribution is -0.155. The smallest absolute Gasteiger partial charge is 0.309 e. The van der Waals surface area contributed by atoms with E-state index in [0.717, 1.165) is 16.7 Å². The summed E-state index contributed by atoms with van der Waals surface area (Å²) in [7, 11) is 0. The van der Waals surface area contributed by atoms with E-state index in [4.69, 9.17) is 4.74 Å². The van der Waals surface area contributed by atoms with Gasteiger partial charge in [0.05, 0.1) is 31.0 Å². The van der Waals surface area contributed by atoms with Gasteiger partial charge in [0.15, 0.2) is 0 Å². The van der Waals surface area contributed by atoms with Gasteiger partial charge in [-0.1, -0.05) is 84.9 Å². The maximum absolute atomic E-state index is 13.5. The van der Waals surface area contributed by atoms with Crippen molar-refractivity contribution in [1.82, 2.24) is 10.6 Å². The molecule has 1 aliphatic rings. The normalized spacial score (nSPS) is 21.2. The minimum absolute atomic E-state index is 0.0486. The first-order chi connectivity index (χ1) is 20.9. The average Bonchev–Trinajstić information content (AvgIpc) is 3.03. The molecule has 0 fully saturated rings. The van der Waals surface area contributed by atoms with E-state index in [1.54, 1.807) is 12.1 Å². The van der Waals surface area contributed by atoms with Crippen molar-refractivity contribution in [3.8, 4) is 0 Å². The van der Waals surface area contributed by atoms with E-state index in [1.807, 2.05) is 72.8 Å². The molecule has 0 radical (unpaired) electrons. The largest absolute Gasteiger partial charge is 0.455 e. The molecule has 226 valence electrons. The van der Waals surface area contributed by atoms with Gasteiger partial charge in [0.25, 0.3) is 0 Å². The van der Waals surface area contributed by atoms with Crippen LogP contribution in [-0.2, 0) is 32.0 Å². The van der Waals surface area contributed by atoms with E-state index in [9.17, 15) is 23.9 Å². The van der Waals surface area contributed by atoms with Crippen LogP contribution < -0.4 is 10.6 Å². The summed E-state index contributed by atoms with van der Waals surface area (Å²) in [5.74, 6) is -2.46. The quantitative estimate of drug-likeness (QED) is 0.246. The van der Waals surface area contributed by atoms with E-state index in [1.165, 1.54) is 12.1 Å². The van der Waals surface area contributed by atoms with Crippen LogP contribution in [0.4, 0.5) is 4.39 Å². The summed E-state index contributed by atoms with van der Waals surface area (Å²) in [6.45, 7) is -0.173. The lowest BCUT2D eigenvalue weighted by Crippen LogP contribution is -2.42. The van der Waals surface area contributed by atoms with Gasteiger partial charge in [0, 0.05) is 6.42 Å². The highest BCUT2D eigenvalue weighted by molar-refractivity contribution is 5.86. The maximum Gasteiger partial charge on any atom is 0.309 e. The summed E-state index contributed by atoms with van der Waals surface area (Å²) in [5.41, 5.74) is 2.57. The second-order valence-corrected chi connectivity index (χ2v) is 10.9. The third-order valence-corrected chi connectivity index (χ3v) is 7.60. The van der Waals surface area contributed by atoms with Gasteiger partial charge in [0.1, 0.15) is 11.9 Å². The van der Waals surface area contributed by atoms with Crippen LogP contribution in [0, 0.1) is 17.7 Å². The Morgan fingerprint density at radius 1 is 0.930 bits per heavy atom. The zero-order valence-electron chi connectivity index (χ0n) is 24.2. The van der Waals surface area contributed by atoms with E-state index < -0.39 is 24.0 Å². The van der Waals surface area contributed by atoms with Crippen LogP contribution >= 0.6 is 0 Å². The Kier molecular flexibility index (Phi) is 12.0. The molecule has 1 aliphatic heterocycles. The predicted molar refractivity (Wildman–Crippen MR) is 162 cm³/mol. The van der Waals surface area contributed by atoms with E-state index >= 15 is 0 Å². The van der Waals surface area contributed by atoms with Crippen LogP contribution in [0.5, 0.6) is 0 Å². The lowest BCUT2D eigenvalue weighted by Gasteiger charge is -2.24. The molecule has 3 aromatic carbocycles. The molecule has 1 heterocycles. The van der Waals surface area contributed by atoms with Crippen LogP contribution in [0.2, 0.25) is 0 Å². The Morgan fingerprint density at radius 2 is 1.63 bits per heavy atom. The molecule has 0 saturated carbocycles. The number of rotatable bonds is 9. The molecule has 7 nitrogen and oxygen atoms in total. The highest BCUT2D eigenvalue weighted by atomic mass is 19.1. The molecule has 0 unspecified atom stereocenters. The molecule has 0 saturated heterocycles. The third-order valence-electron chi connectivity index (χ3n) is 7.60. The lowest BCUT2D eigenvalue weighted by atomic mass is 9.94. The number of allylic oxidation sites excluding steroid dienone is 2. The fraction of sp³-hybridized carbons (Fsp3) is 0.343. The van der Waals surface area contributed by atoms with Gasteiger partial charge < -0.3 is 20.5 Å². The molecule has 0 aromatic heterocycles. The topological polar surface area (TPSA) is 105 Å². The number of cyclic esters (lactones) is 1. The standard InChI is InChI=1S/C35H39FN2O5/c36-30-18-16-26(17-19-30)20-29-15-9-3-8-14-28(22-33(40)38-31(24-39)21-25-10-4-1-5-11-25)34(41)37-23-32(43-35(29)42)27-12-6-2-7-13-27/h1-8,10-13,16-19,28-29,31-32,39H,9,14-15,20-24H2,(H,37,41)(H,38,40)/b8-3-/t28-,29+,31+,32+/m1/s1. The molecule has 0 spiro atoms. The minimum atomic E-state index is -0.721. The average molecular weight is 587 g/mol. The highest BCUT2D eigenvalue weighted by Gasteiger charge is 2.28. The van der Waals surface area contributed by atoms with Crippen LogP contribution in [-0.4, -0.2) is 42.1 Å². The molecule has 2 amide bonds. The molecular formula is C35H39FN2O5. The Hall–Kier alpha value is -4.30. The number of aliphatic hydroxyl groups is 1. The van der Waals surface area contributed by atoms with Crippen molar-refractivity contribution in [2.45, 2.75) is 50.7 Å². The number of hydrogen-bond donors (Lipinski definition) is 3. The summed E-state index contributed by atoms with van der Waals surface area (Å²) in [6.07, 6.45) is 5.32. The molecule has 3 N–H and O–H groups in total. The van der Waals surface area contributed by atoms with Gasteiger partial charge in [-0.05, 0) is 60.9 Å². The number of halogens is 1. The van der Waals surface area contributed by atoms with Gasteiger partial charge in [-0.3, -0.25) is 14.4 Å². The fourth-order valence-electron chi connectivity index (χ4n) is 5.21. The van der Waals surface area contributed by atoms with Gasteiger partial charge in [0.2, 0.25) is 11.8 Å². The van der Waals surface area contributed by atoms with E-state index in [0.29, 0.717) is 32.1 Å². The fourth-order valence-corrected chi connectivity index (χ4v) is 5.21. The van der Waals surface area contributed by atoms with Crippen LogP contribution in [0.15, 0.2) is 97.1 Å². The number of carbonyl (C=O) groups excluding carboxylic acids is 3. The van der Waals surface area contributed by atoms with Gasteiger partial charge >= 0.3 is 5.97 Å². The summed E-state index contributed by atoms with van der Waals surface area (Å²) >= 11 is 0. The molecular weight excluding hydrogens is 547 g/mol. The number of hydrogen-bond acceptors (Lipinski definition) is 5. The number of benzene rings is 3. The molecule has 8 heteroatoms. The number of aliphatic hydroxyl groups excluding tert-OH is 1. The molecule has 3 aromatic rings. The van der Waals surface area contributed by atoms with Crippen LogP contribution in [0.25, 0.3) is 0 Å². The summed E-state index contributed by atoms with van der Waals surface area (Å²) in [5, 5.41) is 15.6. The van der Waals surface area contributed by atoms with Crippen LogP contribution in [0.3, 0.4) is 0 Å². The SMILES string of the molecule is O=C(C[C@H]1C/C=C\CC[C@@H](Cc2ccc(F)cc2)C(=O)O[C@H](c2ccccc2)CNC1=O)N[C@H](CO)Cc1ccccc1. The Labute approximate surface area is 252 Å². The Morgan fingerprint density at radius 3 is 2.33 bits per heavy atom. The second kappa shape index (κ2) is 16.4. The summed E-state index contributed by atoms with van der Waals surface area (Å²) in [6, 6.07) is 24.4. The molecule has 0 aliphatic carbocycles. The second-order valence-electron chi connectivity index (χ2n) is 10.9. The summed E-state index contributed by atoms with van der Waals surface area (Å²) < 4.78 is 19.4. The molecule has 43 heavy (non-hydrogen) atoms. The number of ether oxygens (including phenoxy) is 1. The third kappa shape index (κ3) is 10.2. The molecule has 0 bridgehead atoms. The van der Waals surface area contributed by atoms with Gasteiger partial charge in [-0.15, -0.1) is 0 Å². The number of carbonyl (C=O) groups is 3. The monoisotopic (exact) mass is 586 g/mol. The Bertz CT molecular complexity index is 1350. The van der Waals surface area contributed by atoms with Gasteiger partial charge in [-0.2, -0.15) is 0 Å². The highest BCUT2D eigenvalue weighted by Crippen LogP contribution is 2.24. The minimum Gasteiger partial charge on any atom is -0.455 e. The number of esters is 1. The van der Waals surface area contributed by atoms with Crippen molar-refractivity contribution in [3.05, 3.63) is 120 Å². The van der Waals surface area contributed by atoms with Crippen molar-refractivity contribution in [3.63, 3.8) is 0 Å². The number of amides is 2. The first kappa shape index (κ1) is 31.6. The van der Waals surface area contributed by atoms with Gasteiger partial charge in [-0.25, -0.2) is 4.39 Å². The first-order valence-corrected chi connectivity index (χ1v) is 14.8. The predicted octanol–water partition coefficient (Wildman–Crippen LogP) is 4.85. The first-order valence-electron chi connectivity index (χ1n) is 14.8. The van der Waals surface area contributed by atoms with E-state index in [2.05, 4.69) is 10.6 Å². The zero-order chi connectivity index (χ0) is 30.4. The van der Waals surface area contributed by atoms with Crippen molar-refractivity contribution in [2.75, 3.05) is 13.2 Å². The maximum atomic E-state index is 13.5. The van der Waals surface area contributed by atoms with Crippen LogP contribution in [0.1, 0.15) is 48.5 Å². The van der Waals surface area contributed by atoms with E-state index in [-0.39, 0.29) is 43.2 Å². The summed E-state index contributed by atoms with van der Waals surface area (Å²) in [4.78, 5) is 39.8. The molecule has 4 rings (SSSR count). The zero-order valence-corrected chi connectivity index (χ0v) is 24.2. The number of nitrogens with one attached hydrogen (secondary N) is 2. The molecule has 4 atom stereocenters. The van der Waals surface area contributed by atoms with Crippen molar-refractivity contribution < 1.29 is 28.6 Å². The van der Waals surface area contributed by atoms with Crippen molar-refractivity contribution in [2.24, 2.45) is 11.8 Å². The van der Waals surface area contributed by atoms with Crippen molar-refractivity contribution >= 4 is 17.8 Å².